The molecule has 0 radical (unpaired) electrons. The van der Waals surface area contributed by atoms with Crippen molar-refractivity contribution in [1.29, 1.82) is 0 Å². The van der Waals surface area contributed by atoms with Gasteiger partial charge in [-0.2, -0.15) is 0 Å². The molecule has 0 aliphatic heterocycles. The van der Waals surface area contributed by atoms with Gasteiger partial charge in [0.15, 0.2) is 0 Å². The first-order valence-electron chi connectivity index (χ1n) is 5.90. The van der Waals surface area contributed by atoms with E-state index in [9.17, 15) is 14.0 Å². The van der Waals surface area contributed by atoms with Gasteiger partial charge in [-0.15, -0.1) is 0 Å². The molecule has 1 amide bonds. The maximum atomic E-state index is 13.5. The first kappa shape index (κ1) is 13.7. The van der Waals surface area contributed by atoms with Crippen molar-refractivity contribution in [2.75, 3.05) is 5.32 Å². The number of hydrogen-bond acceptors (Lipinski definition) is 3. The molecule has 0 saturated carbocycles. The van der Waals surface area contributed by atoms with Gasteiger partial charge in [-0.1, -0.05) is 18.2 Å². The lowest BCUT2D eigenvalue weighted by atomic mass is 10.2. The number of carbonyl (C=O) groups excluding carboxylic acids is 2. The number of esters is 1. The molecule has 1 N–H and O–H groups in total. The van der Waals surface area contributed by atoms with Crippen LogP contribution in [-0.4, -0.2) is 11.9 Å². The number of halogens is 1. The summed E-state index contributed by atoms with van der Waals surface area (Å²) >= 11 is 0. The molecule has 102 valence electrons. The SMILES string of the molecule is CC(=O)Oc1cccc(NC(=O)c2ccccc2F)c1. The average Bonchev–Trinajstić information content (AvgIpc) is 2.38. The fourth-order valence-corrected chi connectivity index (χ4v) is 1.65. The van der Waals surface area contributed by atoms with Crippen molar-refractivity contribution < 1.29 is 18.7 Å². The van der Waals surface area contributed by atoms with E-state index in [1.54, 1.807) is 24.3 Å². The Kier molecular flexibility index (Phi) is 4.10. The third kappa shape index (κ3) is 3.41. The Morgan fingerprint density at radius 1 is 1.10 bits per heavy atom. The molecule has 2 rings (SSSR count). The number of nitrogens with one attached hydrogen (secondary N) is 1. The van der Waals surface area contributed by atoms with Gasteiger partial charge in [-0.25, -0.2) is 4.39 Å². The lowest BCUT2D eigenvalue weighted by Gasteiger charge is -2.07. The van der Waals surface area contributed by atoms with E-state index in [0.717, 1.165) is 0 Å². The van der Waals surface area contributed by atoms with Crippen molar-refractivity contribution in [1.82, 2.24) is 0 Å². The van der Waals surface area contributed by atoms with Crippen LogP contribution in [0.2, 0.25) is 0 Å². The van der Waals surface area contributed by atoms with E-state index in [-0.39, 0.29) is 5.56 Å². The maximum Gasteiger partial charge on any atom is 0.308 e. The van der Waals surface area contributed by atoms with Crippen LogP contribution >= 0.6 is 0 Å². The Morgan fingerprint density at radius 2 is 1.85 bits per heavy atom. The van der Waals surface area contributed by atoms with E-state index in [1.165, 1.54) is 31.2 Å². The van der Waals surface area contributed by atoms with Crippen LogP contribution in [0.25, 0.3) is 0 Å². The molecule has 4 nitrogen and oxygen atoms in total. The summed E-state index contributed by atoms with van der Waals surface area (Å²) in [6, 6.07) is 12.0. The van der Waals surface area contributed by atoms with Gasteiger partial charge in [0.2, 0.25) is 0 Å². The van der Waals surface area contributed by atoms with Crippen LogP contribution in [0.5, 0.6) is 5.75 Å². The number of benzene rings is 2. The summed E-state index contributed by atoms with van der Waals surface area (Å²) in [5.74, 6) is -1.31. The molecule has 0 fully saturated rings. The fourth-order valence-electron chi connectivity index (χ4n) is 1.65. The number of carbonyl (C=O) groups is 2. The molecule has 0 heterocycles. The highest BCUT2D eigenvalue weighted by Crippen LogP contribution is 2.18. The number of ether oxygens (including phenoxy) is 1. The van der Waals surface area contributed by atoms with Crippen LogP contribution in [0.3, 0.4) is 0 Å². The van der Waals surface area contributed by atoms with E-state index >= 15 is 0 Å². The Balaban J connectivity index is 2.16. The standard InChI is InChI=1S/C15H12FNO3/c1-10(18)20-12-6-4-5-11(9-12)17-15(19)13-7-2-3-8-14(13)16/h2-9H,1H3,(H,17,19). The Bertz CT molecular complexity index is 655. The van der Waals surface area contributed by atoms with E-state index in [4.69, 9.17) is 4.74 Å². The largest absolute Gasteiger partial charge is 0.427 e. The molecule has 0 aliphatic carbocycles. The van der Waals surface area contributed by atoms with Crippen molar-refractivity contribution >= 4 is 17.6 Å². The molecule has 0 unspecified atom stereocenters. The van der Waals surface area contributed by atoms with Gasteiger partial charge < -0.3 is 10.1 Å². The molecule has 0 aromatic heterocycles. The summed E-state index contributed by atoms with van der Waals surface area (Å²) in [6.45, 7) is 1.28. The molecule has 5 heteroatoms. The van der Waals surface area contributed by atoms with E-state index in [0.29, 0.717) is 11.4 Å². The zero-order chi connectivity index (χ0) is 14.5. The Hall–Kier alpha value is -2.69. The van der Waals surface area contributed by atoms with E-state index in [2.05, 4.69) is 5.32 Å². The van der Waals surface area contributed by atoms with Gasteiger partial charge in [-0.3, -0.25) is 9.59 Å². The van der Waals surface area contributed by atoms with Crippen molar-refractivity contribution in [3.05, 3.63) is 59.9 Å². The highest BCUT2D eigenvalue weighted by atomic mass is 19.1. The molecule has 0 spiro atoms. The molecule has 2 aromatic carbocycles. The van der Waals surface area contributed by atoms with Crippen molar-refractivity contribution in [2.24, 2.45) is 0 Å². The van der Waals surface area contributed by atoms with Crippen molar-refractivity contribution in [3.8, 4) is 5.75 Å². The lowest BCUT2D eigenvalue weighted by Crippen LogP contribution is -2.13. The van der Waals surface area contributed by atoms with Crippen LogP contribution in [0, 0.1) is 5.82 Å². The summed E-state index contributed by atoms with van der Waals surface area (Å²) < 4.78 is 18.4. The highest BCUT2D eigenvalue weighted by molar-refractivity contribution is 6.04. The van der Waals surface area contributed by atoms with Gasteiger partial charge in [0.05, 0.1) is 5.56 Å². The maximum absolute atomic E-state index is 13.5. The third-order valence-corrected chi connectivity index (χ3v) is 2.47. The number of hydrogen-bond donors (Lipinski definition) is 1. The molecule has 2 aromatic rings. The molecular weight excluding hydrogens is 261 g/mol. The highest BCUT2D eigenvalue weighted by Gasteiger charge is 2.11. The predicted molar refractivity (Wildman–Crippen MR) is 72.1 cm³/mol. The third-order valence-electron chi connectivity index (χ3n) is 2.47. The second-order valence-electron chi connectivity index (χ2n) is 4.06. The average molecular weight is 273 g/mol. The van der Waals surface area contributed by atoms with Gasteiger partial charge in [-0.05, 0) is 24.3 Å². The van der Waals surface area contributed by atoms with Crippen LogP contribution < -0.4 is 10.1 Å². The Morgan fingerprint density at radius 3 is 2.55 bits per heavy atom. The monoisotopic (exact) mass is 273 g/mol. The molecule has 0 aliphatic rings. The first-order valence-corrected chi connectivity index (χ1v) is 5.90. The van der Waals surface area contributed by atoms with Crippen LogP contribution in [-0.2, 0) is 4.79 Å². The van der Waals surface area contributed by atoms with Gasteiger partial charge >= 0.3 is 5.97 Å². The van der Waals surface area contributed by atoms with E-state index in [1.807, 2.05) is 0 Å². The first-order chi connectivity index (χ1) is 9.56. The second-order valence-corrected chi connectivity index (χ2v) is 4.06. The van der Waals surface area contributed by atoms with Gasteiger partial charge in [0.1, 0.15) is 11.6 Å². The molecule has 0 saturated heterocycles. The zero-order valence-corrected chi connectivity index (χ0v) is 10.7. The molecule has 0 atom stereocenters. The molecule has 20 heavy (non-hydrogen) atoms. The smallest absolute Gasteiger partial charge is 0.308 e. The predicted octanol–water partition coefficient (Wildman–Crippen LogP) is 3.00. The van der Waals surface area contributed by atoms with Crippen LogP contribution in [0.4, 0.5) is 10.1 Å². The van der Waals surface area contributed by atoms with Crippen molar-refractivity contribution in [2.45, 2.75) is 6.92 Å². The number of anilines is 1. The summed E-state index contributed by atoms with van der Waals surface area (Å²) in [6.07, 6.45) is 0. The zero-order valence-electron chi connectivity index (χ0n) is 10.7. The minimum atomic E-state index is -0.596. The minimum absolute atomic E-state index is 0.0506. The van der Waals surface area contributed by atoms with E-state index < -0.39 is 17.7 Å². The number of rotatable bonds is 3. The van der Waals surface area contributed by atoms with Crippen molar-refractivity contribution in [3.63, 3.8) is 0 Å². The topological polar surface area (TPSA) is 55.4 Å². The summed E-state index contributed by atoms with van der Waals surface area (Å²) in [7, 11) is 0. The second kappa shape index (κ2) is 5.97. The van der Waals surface area contributed by atoms with Gasteiger partial charge in [0.25, 0.3) is 5.91 Å². The summed E-state index contributed by atoms with van der Waals surface area (Å²) in [5, 5.41) is 2.54. The Labute approximate surface area is 115 Å². The number of amides is 1. The lowest BCUT2D eigenvalue weighted by molar-refractivity contribution is -0.131. The molecular formula is C15H12FNO3. The van der Waals surface area contributed by atoms with Gasteiger partial charge in [0, 0.05) is 18.7 Å². The summed E-state index contributed by atoms with van der Waals surface area (Å²) in [5.41, 5.74) is 0.363. The fraction of sp³-hybridized carbons (Fsp3) is 0.0667. The molecule has 0 bridgehead atoms. The minimum Gasteiger partial charge on any atom is -0.427 e. The summed E-state index contributed by atoms with van der Waals surface area (Å²) in [4.78, 5) is 22.8. The van der Waals surface area contributed by atoms with Crippen LogP contribution in [0.1, 0.15) is 17.3 Å². The van der Waals surface area contributed by atoms with Crippen LogP contribution in [0.15, 0.2) is 48.5 Å². The normalized spacial score (nSPS) is 9.90. The quantitative estimate of drug-likeness (QED) is 0.691.